The van der Waals surface area contributed by atoms with E-state index in [0.717, 1.165) is 23.6 Å². The molecular formula is C14H24ClN3O. The monoisotopic (exact) mass is 285 g/mol. The number of anilines is 1. The summed E-state index contributed by atoms with van der Waals surface area (Å²) in [5.41, 5.74) is 0.890. The Hall–Kier alpha value is -0.870. The molecule has 0 fully saturated rings. The zero-order chi connectivity index (χ0) is 14.4. The number of nitrogens with zero attached hydrogens (tertiary/aromatic N) is 2. The lowest BCUT2D eigenvalue weighted by molar-refractivity contribution is 0.126. The van der Waals surface area contributed by atoms with Gasteiger partial charge in [0.1, 0.15) is 16.8 Å². The van der Waals surface area contributed by atoms with E-state index in [-0.39, 0.29) is 6.04 Å². The molecule has 0 aliphatic rings. The highest BCUT2D eigenvalue weighted by Gasteiger charge is 2.17. The summed E-state index contributed by atoms with van der Waals surface area (Å²) in [6.07, 6.45) is 0.770. The number of ether oxygens (including phenoxy) is 1. The summed E-state index contributed by atoms with van der Waals surface area (Å²) >= 11 is 6.14. The van der Waals surface area contributed by atoms with Gasteiger partial charge in [0.2, 0.25) is 0 Å². The summed E-state index contributed by atoms with van der Waals surface area (Å²) in [5, 5.41) is 3.96. The molecule has 4 nitrogen and oxygen atoms in total. The second-order valence-electron chi connectivity index (χ2n) is 4.91. The predicted octanol–water partition coefficient (Wildman–Crippen LogP) is 3.47. The van der Waals surface area contributed by atoms with Crippen LogP contribution >= 0.6 is 11.6 Å². The molecule has 1 heterocycles. The van der Waals surface area contributed by atoms with Crippen LogP contribution in [0.15, 0.2) is 0 Å². The van der Waals surface area contributed by atoms with E-state index in [9.17, 15) is 0 Å². The van der Waals surface area contributed by atoms with E-state index in [2.05, 4.69) is 29.1 Å². The number of rotatable bonds is 7. The SMILES string of the molecule is CCOCC(Nc1nc(CC)nc(Cl)c1C)C(C)C. The third-order valence-corrected chi connectivity index (χ3v) is 3.45. The van der Waals surface area contributed by atoms with Crippen LogP contribution < -0.4 is 5.32 Å². The van der Waals surface area contributed by atoms with E-state index in [1.165, 1.54) is 0 Å². The molecule has 1 aromatic heterocycles. The standard InChI is InChI=1S/C14H24ClN3O/c1-6-12-17-13(15)10(5)14(18-12)16-11(9(3)4)8-19-7-2/h9,11H,6-8H2,1-5H3,(H,16,17,18). The van der Waals surface area contributed by atoms with E-state index in [0.29, 0.717) is 24.3 Å². The summed E-state index contributed by atoms with van der Waals surface area (Å²) in [6.45, 7) is 11.7. The maximum Gasteiger partial charge on any atom is 0.137 e. The van der Waals surface area contributed by atoms with Crippen LogP contribution in [0.4, 0.5) is 5.82 Å². The van der Waals surface area contributed by atoms with Crippen molar-refractivity contribution in [2.45, 2.75) is 47.1 Å². The zero-order valence-corrected chi connectivity index (χ0v) is 13.2. The van der Waals surface area contributed by atoms with Crippen LogP contribution in [-0.2, 0) is 11.2 Å². The molecule has 0 amide bonds. The Morgan fingerprint density at radius 2 is 1.95 bits per heavy atom. The Bertz CT molecular complexity index is 410. The molecule has 0 aliphatic carbocycles. The first-order valence-electron chi connectivity index (χ1n) is 6.86. The molecule has 0 aromatic carbocycles. The number of hydrogen-bond acceptors (Lipinski definition) is 4. The molecule has 0 radical (unpaired) electrons. The van der Waals surface area contributed by atoms with Gasteiger partial charge in [0.25, 0.3) is 0 Å². The van der Waals surface area contributed by atoms with E-state index >= 15 is 0 Å². The van der Waals surface area contributed by atoms with Gasteiger partial charge >= 0.3 is 0 Å². The molecule has 0 aliphatic heterocycles. The van der Waals surface area contributed by atoms with Gasteiger partial charge in [-0.1, -0.05) is 32.4 Å². The van der Waals surface area contributed by atoms with Crippen molar-refractivity contribution in [2.24, 2.45) is 5.92 Å². The summed E-state index contributed by atoms with van der Waals surface area (Å²) < 4.78 is 5.52. The van der Waals surface area contributed by atoms with Crippen molar-refractivity contribution in [1.82, 2.24) is 9.97 Å². The second-order valence-corrected chi connectivity index (χ2v) is 5.27. The largest absolute Gasteiger partial charge is 0.380 e. The molecule has 108 valence electrons. The highest BCUT2D eigenvalue weighted by molar-refractivity contribution is 6.30. The zero-order valence-electron chi connectivity index (χ0n) is 12.5. The fourth-order valence-electron chi connectivity index (χ4n) is 1.65. The van der Waals surface area contributed by atoms with Crippen LogP contribution in [0.1, 0.15) is 39.1 Å². The van der Waals surface area contributed by atoms with Gasteiger partial charge in [0.05, 0.1) is 12.6 Å². The Balaban J connectivity index is 2.91. The lowest BCUT2D eigenvalue weighted by Gasteiger charge is -2.24. The minimum Gasteiger partial charge on any atom is -0.380 e. The van der Waals surface area contributed by atoms with Crippen LogP contribution in [0.25, 0.3) is 0 Å². The minimum atomic E-state index is 0.217. The molecule has 0 bridgehead atoms. The van der Waals surface area contributed by atoms with Crippen molar-refractivity contribution < 1.29 is 4.74 Å². The van der Waals surface area contributed by atoms with Gasteiger partial charge in [0, 0.05) is 18.6 Å². The molecule has 1 unspecified atom stereocenters. The molecule has 0 saturated carbocycles. The molecule has 5 heteroatoms. The third kappa shape index (κ3) is 4.62. The average molecular weight is 286 g/mol. The molecule has 1 N–H and O–H groups in total. The molecular weight excluding hydrogens is 262 g/mol. The van der Waals surface area contributed by atoms with Gasteiger partial charge in [-0.25, -0.2) is 9.97 Å². The van der Waals surface area contributed by atoms with E-state index < -0.39 is 0 Å². The number of halogens is 1. The van der Waals surface area contributed by atoms with Crippen molar-refractivity contribution >= 4 is 17.4 Å². The first-order valence-corrected chi connectivity index (χ1v) is 7.24. The van der Waals surface area contributed by atoms with Crippen LogP contribution in [0.5, 0.6) is 0 Å². The van der Waals surface area contributed by atoms with Gasteiger partial charge in [-0.2, -0.15) is 0 Å². The normalized spacial score (nSPS) is 12.8. The first kappa shape index (κ1) is 16.2. The first-order chi connectivity index (χ1) is 8.99. The van der Waals surface area contributed by atoms with Gasteiger partial charge in [-0.05, 0) is 19.8 Å². The van der Waals surface area contributed by atoms with Crippen molar-refractivity contribution in [3.63, 3.8) is 0 Å². The summed E-state index contributed by atoms with van der Waals surface area (Å²) in [7, 11) is 0. The highest BCUT2D eigenvalue weighted by Crippen LogP contribution is 2.22. The number of hydrogen-bond donors (Lipinski definition) is 1. The number of aromatic nitrogens is 2. The van der Waals surface area contributed by atoms with Gasteiger partial charge < -0.3 is 10.1 Å². The number of aryl methyl sites for hydroxylation is 1. The van der Waals surface area contributed by atoms with Crippen LogP contribution in [0.3, 0.4) is 0 Å². The van der Waals surface area contributed by atoms with Crippen molar-refractivity contribution in [2.75, 3.05) is 18.5 Å². The highest BCUT2D eigenvalue weighted by atomic mass is 35.5. The maximum atomic E-state index is 6.14. The van der Waals surface area contributed by atoms with E-state index in [4.69, 9.17) is 16.3 Å². The molecule has 1 atom stereocenters. The van der Waals surface area contributed by atoms with E-state index in [1.54, 1.807) is 0 Å². The number of nitrogens with one attached hydrogen (secondary N) is 1. The smallest absolute Gasteiger partial charge is 0.137 e. The van der Waals surface area contributed by atoms with E-state index in [1.807, 2.05) is 20.8 Å². The Morgan fingerprint density at radius 1 is 1.26 bits per heavy atom. The van der Waals surface area contributed by atoms with Gasteiger partial charge in [0.15, 0.2) is 0 Å². The second kappa shape index (κ2) is 7.65. The topological polar surface area (TPSA) is 47.0 Å². The Labute approximate surface area is 120 Å². The lowest BCUT2D eigenvalue weighted by Crippen LogP contribution is -2.32. The van der Waals surface area contributed by atoms with Crippen molar-refractivity contribution in [3.8, 4) is 0 Å². The molecule has 0 saturated heterocycles. The minimum absolute atomic E-state index is 0.217. The summed E-state index contributed by atoms with van der Waals surface area (Å²) in [5.74, 6) is 2.03. The Kier molecular flexibility index (Phi) is 6.52. The summed E-state index contributed by atoms with van der Waals surface area (Å²) in [4.78, 5) is 8.77. The van der Waals surface area contributed by atoms with Crippen molar-refractivity contribution in [3.05, 3.63) is 16.5 Å². The Morgan fingerprint density at radius 3 is 2.47 bits per heavy atom. The quantitative estimate of drug-likeness (QED) is 0.779. The molecule has 19 heavy (non-hydrogen) atoms. The van der Waals surface area contributed by atoms with Crippen LogP contribution in [0.2, 0.25) is 5.15 Å². The average Bonchev–Trinajstić information content (AvgIpc) is 2.38. The molecule has 1 aromatic rings. The lowest BCUT2D eigenvalue weighted by atomic mass is 10.1. The molecule has 0 spiro atoms. The van der Waals surface area contributed by atoms with Gasteiger partial charge in [-0.3, -0.25) is 0 Å². The van der Waals surface area contributed by atoms with Crippen LogP contribution in [0, 0.1) is 12.8 Å². The maximum absolute atomic E-state index is 6.14. The van der Waals surface area contributed by atoms with Crippen molar-refractivity contribution in [1.29, 1.82) is 0 Å². The predicted molar refractivity (Wildman–Crippen MR) is 79.9 cm³/mol. The van der Waals surface area contributed by atoms with Crippen LogP contribution in [-0.4, -0.2) is 29.2 Å². The summed E-state index contributed by atoms with van der Waals surface area (Å²) in [6, 6.07) is 0.217. The van der Waals surface area contributed by atoms with Gasteiger partial charge in [-0.15, -0.1) is 0 Å². The fourth-order valence-corrected chi connectivity index (χ4v) is 1.84. The molecule has 1 rings (SSSR count). The fraction of sp³-hybridized carbons (Fsp3) is 0.714. The third-order valence-electron chi connectivity index (χ3n) is 3.08.